The molecule has 1 saturated carbocycles. The summed E-state index contributed by atoms with van der Waals surface area (Å²) in [4.78, 5) is 13.0. The SMILES string of the molecule is Cc1ccc(CNC(=O)C2CCC(CN(Cc3ccccc3)S(=O)(=O)c3ccc(C)c(Cl)c3)CC2)cc1. The quantitative estimate of drug-likeness (QED) is 0.349. The van der Waals surface area contributed by atoms with Crippen LogP contribution in [0.25, 0.3) is 0 Å². The molecule has 0 saturated heterocycles. The molecule has 0 unspecified atom stereocenters. The molecular formula is C30H35ClN2O3S. The van der Waals surface area contributed by atoms with Gasteiger partial charge in [0.2, 0.25) is 15.9 Å². The molecule has 0 bridgehead atoms. The van der Waals surface area contributed by atoms with Crippen molar-refractivity contribution in [3.63, 3.8) is 0 Å². The molecule has 0 radical (unpaired) electrons. The number of carbonyl (C=O) groups excluding carboxylic acids is 1. The van der Waals surface area contributed by atoms with Crippen LogP contribution in [-0.2, 0) is 27.9 Å². The predicted molar refractivity (Wildman–Crippen MR) is 149 cm³/mol. The van der Waals surface area contributed by atoms with Gasteiger partial charge in [-0.05, 0) is 74.3 Å². The summed E-state index contributed by atoms with van der Waals surface area (Å²) in [7, 11) is -3.74. The van der Waals surface area contributed by atoms with Gasteiger partial charge in [-0.15, -0.1) is 0 Å². The summed E-state index contributed by atoms with van der Waals surface area (Å²) in [6.45, 7) is 5.14. The van der Waals surface area contributed by atoms with Gasteiger partial charge in [-0.25, -0.2) is 8.42 Å². The van der Waals surface area contributed by atoms with Gasteiger partial charge in [-0.3, -0.25) is 4.79 Å². The van der Waals surface area contributed by atoms with E-state index in [1.807, 2.05) is 68.4 Å². The molecule has 196 valence electrons. The van der Waals surface area contributed by atoms with Crippen LogP contribution in [0.3, 0.4) is 0 Å². The van der Waals surface area contributed by atoms with Crippen molar-refractivity contribution in [2.45, 2.75) is 57.5 Å². The van der Waals surface area contributed by atoms with Gasteiger partial charge in [-0.1, -0.05) is 77.8 Å². The molecule has 1 amide bonds. The van der Waals surface area contributed by atoms with Gasteiger partial charge in [0.15, 0.2) is 0 Å². The van der Waals surface area contributed by atoms with Crippen molar-refractivity contribution >= 4 is 27.5 Å². The van der Waals surface area contributed by atoms with Crippen molar-refractivity contribution < 1.29 is 13.2 Å². The normalized spacial score (nSPS) is 18.1. The van der Waals surface area contributed by atoms with Crippen LogP contribution in [0.2, 0.25) is 5.02 Å². The zero-order valence-corrected chi connectivity index (χ0v) is 23.1. The molecule has 1 N–H and O–H groups in total. The Labute approximate surface area is 225 Å². The molecular weight excluding hydrogens is 504 g/mol. The molecule has 0 aromatic heterocycles. The fourth-order valence-electron chi connectivity index (χ4n) is 4.85. The standard InChI is InChI=1S/C30H35ClN2O3S/c1-22-8-11-24(12-9-22)19-32-30(34)27-15-13-26(14-16-27)21-33(20-25-6-4-3-5-7-25)37(35,36)28-17-10-23(2)29(31)18-28/h3-12,17-18,26-27H,13-16,19-21H2,1-2H3,(H,32,34). The fraction of sp³-hybridized carbons (Fsp3) is 0.367. The van der Waals surface area contributed by atoms with Crippen molar-refractivity contribution in [3.8, 4) is 0 Å². The topological polar surface area (TPSA) is 66.5 Å². The maximum Gasteiger partial charge on any atom is 0.243 e. The fourth-order valence-corrected chi connectivity index (χ4v) is 6.63. The van der Waals surface area contributed by atoms with Crippen molar-refractivity contribution in [1.29, 1.82) is 0 Å². The number of aryl methyl sites for hydroxylation is 2. The van der Waals surface area contributed by atoms with E-state index in [2.05, 4.69) is 5.32 Å². The highest BCUT2D eigenvalue weighted by atomic mass is 35.5. The zero-order chi connectivity index (χ0) is 26.4. The number of carbonyl (C=O) groups is 1. The molecule has 5 nitrogen and oxygen atoms in total. The summed E-state index contributed by atoms with van der Waals surface area (Å²) >= 11 is 6.27. The first-order valence-corrected chi connectivity index (χ1v) is 14.7. The molecule has 1 fully saturated rings. The summed E-state index contributed by atoms with van der Waals surface area (Å²) in [5, 5.41) is 3.52. The summed E-state index contributed by atoms with van der Waals surface area (Å²) in [5.41, 5.74) is 4.07. The van der Waals surface area contributed by atoms with Crippen LogP contribution >= 0.6 is 11.6 Å². The lowest BCUT2D eigenvalue weighted by Crippen LogP contribution is -2.38. The highest BCUT2D eigenvalue weighted by Crippen LogP contribution is 2.32. The van der Waals surface area contributed by atoms with E-state index < -0.39 is 10.0 Å². The van der Waals surface area contributed by atoms with E-state index in [4.69, 9.17) is 11.6 Å². The largest absolute Gasteiger partial charge is 0.352 e. The van der Waals surface area contributed by atoms with Gasteiger partial charge >= 0.3 is 0 Å². The van der Waals surface area contributed by atoms with E-state index in [1.54, 1.807) is 22.5 Å². The van der Waals surface area contributed by atoms with E-state index >= 15 is 0 Å². The molecule has 0 heterocycles. The summed E-state index contributed by atoms with van der Waals surface area (Å²) < 4.78 is 29.0. The number of hydrogen-bond donors (Lipinski definition) is 1. The van der Waals surface area contributed by atoms with Crippen LogP contribution in [0.15, 0.2) is 77.7 Å². The second-order valence-corrected chi connectivity index (χ2v) is 12.5. The highest BCUT2D eigenvalue weighted by Gasteiger charge is 2.32. The van der Waals surface area contributed by atoms with Crippen molar-refractivity contribution in [3.05, 3.63) is 100 Å². The minimum Gasteiger partial charge on any atom is -0.352 e. The van der Waals surface area contributed by atoms with Crippen molar-refractivity contribution in [2.75, 3.05) is 6.54 Å². The predicted octanol–water partition coefficient (Wildman–Crippen LogP) is 6.27. The van der Waals surface area contributed by atoms with Crippen LogP contribution in [0.1, 0.15) is 47.9 Å². The Morgan fingerprint density at radius 3 is 2.24 bits per heavy atom. The Morgan fingerprint density at radius 2 is 1.59 bits per heavy atom. The summed E-state index contributed by atoms with van der Waals surface area (Å²) in [6.07, 6.45) is 3.16. The average Bonchev–Trinajstić information content (AvgIpc) is 2.90. The molecule has 3 aromatic carbocycles. The summed E-state index contributed by atoms with van der Waals surface area (Å²) in [6, 6.07) is 22.7. The van der Waals surface area contributed by atoms with E-state index in [0.29, 0.717) is 24.7 Å². The number of halogens is 1. The van der Waals surface area contributed by atoms with Crippen LogP contribution in [0.5, 0.6) is 0 Å². The first-order valence-electron chi connectivity index (χ1n) is 12.9. The first-order chi connectivity index (χ1) is 17.7. The first kappa shape index (κ1) is 27.4. The molecule has 0 aliphatic heterocycles. The molecule has 37 heavy (non-hydrogen) atoms. The minimum absolute atomic E-state index is 0.0308. The average molecular weight is 539 g/mol. The maximum atomic E-state index is 13.7. The highest BCUT2D eigenvalue weighted by molar-refractivity contribution is 7.89. The zero-order valence-electron chi connectivity index (χ0n) is 21.5. The van der Waals surface area contributed by atoms with E-state index in [-0.39, 0.29) is 22.6 Å². The summed E-state index contributed by atoms with van der Waals surface area (Å²) in [5.74, 6) is 0.249. The second-order valence-electron chi connectivity index (χ2n) is 10.1. The molecule has 7 heteroatoms. The smallest absolute Gasteiger partial charge is 0.243 e. The lowest BCUT2D eigenvalue weighted by atomic mass is 9.81. The monoisotopic (exact) mass is 538 g/mol. The number of rotatable bonds is 9. The molecule has 4 rings (SSSR count). The lowest BCUT2D eigenvalue weighted by molar-refractivity contribution is -0.126. The third-order valence-corrected chi connectivity index (χ3v) is 9.46. The molecule has 0 spiro atoms. The molecule has 1 aliphatic carbocycles. The third kappa shape index (κ3) is 7.22. The van der Waals surface area contributed by atoms with Crippen molar-refractivity contribution in [2.24, 2.45) is 11.8 Å². The number of nitrogens with one attached hydrogen (secondary N) is 1. The van der Waals surface area contributed by atoms with E-state index in [0.717, 1.165) is 42.4 Å². The Morgan fingerprint density at radius 1 is 0.919 bits per heavy atom. The number of amides is 1. The Kier molecular flexibility index (Phi) is 9.06. The van der Waals surface area contributed by atoms with Gasteiger partial charge in [0.25, 0.3) is 0 Å². The van der Waals surface area contributed by atoms with Crippen LogP contribution in [0, 0.1) is 25.7 Å². The number of benzene rings is 3. The third-order valence-electron chi connectivity index (χ3n) is 7.25. The molecule has 3 aromatic rings. The van der Waals surface area contributed by atoms with Crippen LogP contribution in [0.4, 0.5) is 0 Å². The van der Waals surface area contributed by atoms with Crippen LogP contribution < -0.4 is 5.32 Å². The minimum atomic E-state index is -3.74. The molecule has 1 aliphatic rings. The van der Waals surface area contributed by atoms with E-state index in [9.17, 15) is 13.2 Å². The maximum absolute atomic E-state index is 13.7. The van der Waals surface area contributed by atoms with Gasteiger partial charge < -0.3 is 5.32 Å². The van der Waals surface area contributed by atoms with E-state index in [1.165, 1.54) is 5.56 Å². The van der Waals surface area contributed by atoms with Gasteiger partial charge in [0, 0.05) is 30.6 Å². The Hall–Kier alpha value is -2.67. The van der Waals surface area contributed by atoms with Crippen molar-refractivity contribution in [1.82, 2.24) is 9.62 Å². The van der Waals surface area contributed by atoms with Gasteiger partial charge in [0.05, 0.1) is 4.90 Å². The number of hydrogen-bond acceptors (Lipinski definition) is 3. The van der Waals surface area contributed by atoms with Crippen LogP contribution in [-0.4, -0.2) is 25.2 Å². The Balaban J connectivity index is 1.40. The molecule has 0 atom stereocenters. The Bertz CT molecular complexity index is 1300. The van der Waals surface area contributed by atoms with Gasteiger partial charge in [0.1, 0.15) is 0 Å². The number of nitrogens with zero attached hydrogens (tertiary/aromatic N) is 1. The van der Waals surface area contributed by atoms with Gasteiger partial charge in [-0.2, -0.15) is 4.31 Å². The second kappa shape index (κ2) is 12.2. The number of sulfonamides is 1. The lowest BCUT2D eigenvalue weighted by Gasteiger charge is -2.32.